The third kappa shape index (κ3) is 10.4. The zero-order valence-corrected chi connectivity index (χ0v) is 43.2. The first-order chi connectivity index (χ1) is 34.3. The molecule has 2 aromatic heterocycles. The topological polar surface area (TPSA) is 202 Å². The van der Waals surface area contributed by atoms with Crippen molar-refractivity contribution in [3.8, 4) is 11.5 Å². The van der Waals surface area contributed by atoms with Crippen molar-refractivity contribution >= 4 is 49.0 Å². The van der Waals surface area contributed by atoms with Crippen LogP contribution in [0.1, 0.15) is 130 Å². The lowest BCUT2D eigenvalue weighted by molar-refractivity contribution is -0.751. The fourth-order valence-electron chi connectivity index (χ4n) is 11.7. The third-order valence-electron chi connectivity index (χ3n) is 16.3. The lowest BCUT2D eigenvalue weighted by atomic mass is 9.59. The number of carbonyl (C=O) groups excluding carboxylic acids is 1. The van der Waals surface area contributed by atoms with Crippen molar-refractivity contribution in [2.75, 3.05) is 56.5 Å². The number of hydroxylamine groups is 1. The van der Waals surface area contributed by atoms with Crippen LogP contribution in [0, 0.1) is 16.5 Å². The van der Waals surface area contributed by atoms with E-state index in [-0.39, 0.29) is 61.7 Å². The van der Waals surface area contributed by atoms with Gasteiger partial charge in [0.05, 0.1) is 41.5 Å². The number of halogens is 1. The van der Waals surface area contributed by atoms with Gasteiger partial charge in [-0.2, -0.15) is 4.31 Å². The summed E-state index contributed by atoms with van der Waals surface area (Å²) in [6.07, 6.45) is 12.6. The lowest BCUT2D eigenvalue weighted by Gasteiger charge is -2.58. The van der Waals surface area contributed by atoms with E-state index in [1.165, 1.54) is 48.6 Å². The minimum atomic E-state index is -4.56. The number of hydrogen-bond donors (Lipinski definition) is 4. The molecule has 386 valence electrons. The molecule has 4 heterocycles. The number of carbonyl (C=O) groups is 1. The van der Waals surface area contributed by atoms with Gasteiger partial charge in [-0.05, 0) is 124 Å². The molecule has 1 amide bonds. The van der Waals surface area contributed by atoms with Crippen molar-refractivity contribution in [3.63, 3.8) is 0 Å². The summed E-state index contributed by atoms with van der Waals surface area (Å²) in [4.78, 5) is 27.3. The third-order valence-corrected chi connectivity index (χ3v) is 20.0. The summed E-state index contributed by atoms with van der Waals surface area (Å²) in [5.41, 5.74) is 3.50. The number of quaternary nitrogens is 1. The van der Waals surface area contributed by atoms with E-state index in [1.807, 2.05) is 6.92 Å². The predicted molar refractivity (Wildman–Crippen MR) is 274 cm³/mol. The highest BCUT2D eigenvalue weighted by Gasteiger charge is 2.52. The first-order valence-electron chi connectivity index (χ1n) is 25.6. The number of aliphatic hydroxyl groups is 1. The monoisotopic (exact) mass is 1030 g/mol. The average molecular weight is 1030 g/mol. The number of aromatic nitrogens is 2. The number of amides is 1. The Morgan fingerprint density at radius 2 is 1.69 bits per heavy atom. The van der Waals surface area contributed by atoms with Gasteiger partial charge in [-0.3, -0.25) is 14.7 Å². The molecule has 2 aliphatic heterocycles. The summed E-state index contributed by atoms with van der Waals surface area (Å²) >= 11 is 0. The number of sulfonamides is 2. The summed E-state index contributed by atoms with van der Waals surface area (Å²) in [5.74, 6) is -0.402. The first-order valence-corrected chi connectivity index (χ1v) is 28.6. The Bertz CT molecular complexity index is 2960. The fraction of sp³-hybridized carbons (Fsp3) is 0.528. The van der Waals surface area contributed by atoms with Gasteiger partial charge in [0.15, 0.2) is 11.5 Å². The SMILES string of the molecule is CC(C)c1ccccc1[C@@H]1CN(S(=O)(=O)C2CC2)CCN1C1CC2(CCN(c3ccc(C(=O)NS(=O)(=O)c4cnc(NCC5CCC(C)(O)CC5)c([NH+](C)[O-])c4)c(Oc4cnc5c(c4)C(F)=CC5)c3)CC2)C1. The van der Waals surface area contributed by atoms with Crippen LogP contribution in [-0.4, -0.2) is 110 Å². The number of anilines is 2. The lowest BCUT2D eigenvalue weighted by Crippen LogP contribution is -2.98. The van der Waals surface area contributed by atoms with E-state index >= 15 is 0 Å². The Labute approximate surface area is 422 Å². The van der Waals surface area contributed by atoms with Crippen LogP contribution >= 0.6 is 0 Å². The van der Waals surface area contributed by atoms with Gasteiger partial charge in [0.2, 0.25) is 10.0 Å². The molecule has 6 aliphatic rings. The molecule has 4 N–H and O–H groups in total. The Balaban J connectivity index is 0.844. The molecule has 0 bridgehead atoms. The van der Waals surface area contributed by atoms with E-state index in [4.69, 9.17) is 4.74 Å². The fourth-order valence-corrected chi connectivity index (χ4v) is 14.5. The molecule has 0 radical (unpaired) electrons. The molecule has 2 saturated heterocycles. The van der Waals surface area contributed by atoms with E-state index in [2.05, 4.69) is 67.9 Å². The van der Waals surface area contributed by atoms with Crippen molar-refractivity contribution in [1.29, 1.82) is 0 Å². The molecule has 4 aliphatic carbocycles. The van der Waals surface area contributed by atoms with Crippen LogP contribution in [0.15, 0.2) is 78.0 Å². The number of allylic oxidation sites excluding steroid dienone is 1. The number of nitrogens with one attached hydrogen (secondary N) is 3. The van der Waals surface area contributed by atoms with Gasteiger partial charge in [0.1, 0.15) is 22.2 Å². The van der Waals surface area contributed by atoms with E-state index in [9.17, 15) is 36.3 Å². The van der Waals surface area contributed by atoms with Crippen LogP contribution in [0.25, 0.3) is 5.83 Å². The second-order valence-electron chi connectivity index (χ2n) is 21.8. The molecule has 1 spiro atoms. The summed E-state index contributed by atoms with van der Waals surface area (Å²) in [5, 5.41) is 25.7. The highest BCUT2D eigenvalue weighted by Crippen LogP contribution is 2.54. The number of hydrogen-bond acceptors (Lipinski definition) is 13. The van der Waals surface area contributed by atoms with Gasteiger partial charge in [-0.1, -0.05) is 38.1 Å². The molecule has 2 aromatic carbocycles. The molecule has 3 saturated carbocycles. The first kappa shape index (κ1) is 50.5. The van der Waals surface area contributed by atoms with Gasteiger partial charge in [-0.25, -0.2) is 30.9 Å². The highest BCUT2D eigenvalue weighted by molar-refractivity contribution is 7.90. The van der Waals surface area contributed by atoms with E-state index < -0.39 is 42.4 Å². The maximum atomic E-state index is 14.8. The number of ether oxygens (including phenoxy) is 1. The van der Waals surface area contributed by atoms with E-state index in [0.717, 1.165) is 76.3 Å². The molecule has 19 heteroatoms. The van der Waals surface area contributed by atoms with Crippen LogP contribution < -0.4 is 24.7 Å². The molecule has 72 heavy (non-hydrogen) atoms. The van der Waals surface area contributed by atoms with Crippen molar-refractivity contribution in [1.82, 2.24) is 23.9 Å². The van der Waals surface area contributed by atoms with E-state index in [0.29, 0.717) is 63.1 Å². The van der Waals surface area contributed by atoms with E-state index in [1.54, 1.807) is 16.4 Å². The second kappa shape index (κ2) is 19.7. The minimum Gasteiger partial charge on any atom is -0.629 e. The molecule has 16 nitrogen and oxygen atoms in total. The van der Waals surface area contributed by atoms with Gasteiger partial charge >= 0.3 is 0 Å². The Morgan fingerprint density at radius 1 is 0.958 bits per heavy atom. The standard InChI is InChI=1S/C53H67FN8O8S2/c1-34(2)41-7-5-6-8-42(41)48-33-61(72(68,69)39-10-11-39)23-24-62(48)37-28-53(29-37)19-21-60(22-20-53)36-9-12-43(49(25-36)70-38-26-44-45(54)13-14-46(44)55-31-38)51(63)58-71(66,67)40-27-47(59(4)65)50(57-32-40)56-30-35-15-17-52(3,64)18-16-35/h5-9,12-13,25-27,31-32,34-35,37,39,48,59,64H,10-11,14-24,28-30,33H2,1-4H3,(H,56,57)(H,58,63)/t35?,48-,52?/m0/s1. The number of rotatable bonds is 15. The predicted octanol–water partition coefficient (Wildman–Crippen LogP) is 6.97. The van der Waals surface area contributed by atoms with Crippen molar-refractivity contribution in [3.05, 3.63) is 106 Å². The van der Waals surface area contributed by atoms with Crippen LogP contribution in [0.2, 0.25) is 0 Å². The molecular formula is C53H67FN8O8S2. The van der Waals surface area contributed by atoms with Crippen molar-refractivity contribution < 1.29 is 40.9 Å². The minimum absolute atomic E-state index is 0.0269. The van der Waals surface area contributed by atoms with Gasteiger partial charge < -0.3 is 30.3 Å². The number of pyridine rings is 2. The van der Waals surface area contributed by atoms with Crippen molar-refractivity contribution in [2.45, 2.75) is 125 Å². The molecular weight excluding hydrogens is 960 g/mol. The normalized spacial score (nSPS) is 24.4. The largest absolute Gasteiger partial charge is 0.629 e. The van der Waals surface area contributed by atoms with Gasteiger partial charge in [0.25, 0.3) is 15.9 Å². The number of piperidine rings is 1. The summed E-state index contributed by atoms with van der Waals surface area (Å²) < 4.78 is 79.8. The van der Waals surface area contributed by atoms with Crippen LogP contribution in [0.4, 0.5) is 21.6 Å². The zero-order valence-electron chi connectivity index (χ0n) is 41.6. The van der Waals surface area contributed by atoms with Gasteiger partial charge in [-0.15, -0.1) is 0 Å². The smallest absolute Gasteiger partial charge is 0.268 e. The Kier molecular flexibility index (Phi) is 13.8. The number of benzene rings is 2. The molecule has 4 aromatic rings. The summed E-state index contributed by atoms with van der Waals surface area (Å²) in [7, 11) is -6.56. The Hall–Kier alpha value is -5.02. The van der Waals surface area contributed by atoms with Crippen LogP contribution in [0.5, 0.6) is 11.5 Å². The number of fused-ring (bicyclic) bond motifs is 1. The maximum absolute atomic E-state index is 14.8. The number of nitrogens with zero attached hydrogens (tertiary/aromatic N) is 5. The summed E-state index contributed by atoms with van der Waals surface area (Å²) in [6, 6.07) is 16.5. The zero-order chi connectivity index (χ0) is 50.7. The highest BCUT2D eigenvalue weighted by atomic mass is 32.2. The molecule has 10 rings (SSSR count). The average Bonchev–Trinajstić information content (AvgIpc) is 4.16. The molecule has 5 fully saturated rings. The second-order valence-corrected chi connectivity index (χ2v) is 25.7. The van der Waals surface area contributed by atoms with Crippen LogP contribution in [0.3, 0.4) is 0 Å². The van der Waals surface area contributed by atoms with Crippen molar-refractivity contribution in [2.24, 2.45) is 11.3 Å². The number of piperazine rings is 1. The summed E-state index contributed by atoms with van der Waals surface area (Å²) in [6.45, 7) is 9.83. The van der Waals surface area contributed by atoms with Crippen LogP contribution in [-0.2, 0) is 26.5 Å². The molecule has 2 atom stereocenters. The maximum Gasteiger partial charge on any atom is 0.268 e. The molecule has 1 unspecified atom stereocenters. The quantitative estimate of drug-likeness (QED) is 0.0891. The van der Waals surface area contributed by atoms with Gasteiger partial charge in [0, 0.05) is 81.2 Å². The Morgan fingerprint density at radius 3 is 2.40 bits per heavy atom.